The summed E-state index contributed by atoms with van der Waals surface area (Å²) in [7, 11) is 0. The summed E-state index contributed by atoms with van der Waals surface area (Å²) in [6, 6.07) is 4.99. The first-order valence-electron chi connectivity index (χ1n) is 7.99. The lowest BCUT2D eigenvalue weighted by atomic mass is 10.1. The Hall–Kier alpha value is -0.580. The number of halogens is 1. The van der Waals surface area contributed by atoms with E-state index in [2.05, 4.69) is 6.92 Å². The van der Waals surface area contributed by atoms with Gasteiger partial charge in [0.15, 0.2) is 0 Å². The minimum atomic E-state index is -0.801. The van der Waals surface area contributed by atoms with E-state index in [-0.39, 0.29) is 5.82 Å². The van der Waals surface area contributed by atoms with Gasteiger partial charge in [-0.05, 0) is 43.3 Å². The summed E-state index contributed by atoms with van der Waals surface area (Å²) < 4.78 is 13.7. The number of aliphatic hydroxyl groups is 1. The number of benzene rings is 1. The minimum absolute atomic E-state index is 0.347. The third-order valence-electron chi connectivity index (χ3n) is 3.53. The maximum atomic E-state index is 13.7. The lowest BCUT2D eigenvalue weighted by molar-refractivity contribution is 0.165. The van der Waals surface area contributed by atoms with Crippen molar-refractivity contribution in [1.29, 1.82) is 0 Å². The zero-order valence-corrected chi connectivity index (χ0v) is 13.8. The first-order chi connectivity index (χ1) is 10.2. The van der Waals surface area contributed by atoms with Crippen molar-refractivity contribution in [1.82, 2.24) is 0 Å². The van der Waals surface area contributed by atoms with Gasteiger partial charge in [-0.2, -0.15) is 0 Å². The van der Waals surface area contributed by atoms with Crippen molar-refractivity contribution >= 4 is 11.8 Å². The summed E-state index contributed by atoms with van der Waals surface area (Å²) in [5, 5.41) is 9.89. The number of thioether (sulfide) groups is 1. The fraction of sp³-hybridized carbons (Fsp3) is 0.647. The quantitative estimate of drug-likeness (QED) is 0.461. The van der Waals surface area contributed by atoms with Crippen molar-refractivity contribution in [2.45, 2.75) is 62.9 Å². The second-order valence-corrected chi connectivity index (χ2v) is 6.56. The first kappa shape index (κ1) is 18.5. The number of nitrogens with two attached hydrogens (primary N) is 1. The summed E-state index contributed by atoms with van der Waals surface area (Å²) in [5.74, 6) is 0.698. The Morgan fingerprint density at radius 1 is 1.19 bits per heavy atom. The molecule has 0 spiro atoms. The predicted molar refractivity (Wildman–Crippen MR) is 89.1 cm³/mol. The van der Waals surface area contributed by atoms with Gasteiger partial charge in [0.2, 0.25) is 0 Å². The molecule has 21 heavy (non-hydrogen) atoms. The third-order valence-corrected chi connectivity index (χ3v) is 4.61. The van der Waals surface area contributed by atoms with Crippen LogP contribution in [0.1, 0.15) is 63.5 Å². The maximum Gasteiger partial charge on any atom is 0.129 e. The number of aliphatic hydroxyl groups excluding tert-OH is 1. The van der Waals surface area contributed by atoms with E-state index in [4.69, 9.17) is 5.73 Å². The zero-order chi connectivity index (χ0) is 15.5. The van der Waals surface area contributed by atoms with E-state index in [0.717, 1.165) is 10.6 Å². The van der Waals surface area contributed by atoms with Gasteiger partial charge in [0.25, 0.3) is 0 Å². The Bertz CT molecular complexity index is 400. The van der Waals surface area contributed by atoms with Crippen LogP contribution in [0.5, 0.6) is 0 Å². The predicted octanol–water partition coefficient (Wildman–Crippen LogP) is 4.66. The van der Waals surface area contributed by atoms with Gasteiger partial charge < -0.3 is 10.8 Å². The Morgan fingerprint density at radius 2 is 1.90 bits per heavy atom. The van der Waals surface area contributed by atoms with Crippen LogP contribution in [0, 0.1) is 5.82 Å². The van der Waals surface area contributed by atoms with Crippen LogP contribution in [0.3, 0.4) is 0 Å². The van der Waals surface area contributed by atoms with Crippen LogP contribution >= 0.6 is 11.8 Å². The molecule has 0 heterocycles. The average molecular weight is 313 g/mol. The molecule has 1 atom stereocenters. The van der Waals surface area contributed by atoms with Gasteiger partial charge in [0.05, 0.1) is 6.10 Å². The molecule has 1 aromatic carbocycles. The summed E-state index contributed by atoms with van der Waals surface area (Å²) in [6.45, 7) is 2.58. The van der Waals surface area contributed by atoms with E-state index in [1.165, 1.54) is 44.6 Å². The second-order valence-electron chi connectivity index (χ2n) is 5.39. The van der Waals surface area contributed by atoms with Crippen LogP contribution in [0.15, 0.2) is 23.1 Å². The highest BCUT2D eigenvalue weighted by molar-refractivity contribution is 7.99. The van der Waals surface area contributed by atoms with Crippen LogP contribution in [-0.2, 0) is 0 Å². The van der Waals surface area contributed by atoms with Crippen LogP contribution in [0.25, 0.3) is 0 Å². The van der Waals surface area contributed by atoms with Gasteiger partial charge in [0.1, 0.15) is 5.82 Å². The fourth-order valence-corrected chi connectivity index (χ4v) is 3.21. The Balaban J connectivity index is 2.36. The number of hydrogen-bond donors (Lipinski definition) is 2. The molecule has 0 saturated carbocycles. The molecule has 0 aliphatic heterocycles. The molecule has 0 radical (unpaired) electrons. The van der Waals surface area contributed by atoms with Crippen molar-refractivity contribution < 1.29 is 9.50 Å². The minimum Gasteiger partial charge on any atom is -0.388 e. The van der Waals surface area contributed by atoms with Crippen LogP contribution in [-0.4, -0.2) is 17.4 Å². The molecule has 1 unspecified atom stereocenters. The third kappa shape index (κ3) is 7.30. The number of unbranched alkanes of at least 4 members (excludes halogenated alkanes) is 5. The molecule has 0 aromatic heterocycles. The lowest BCUT2D eigenvalue weighted by Gasteiger charge is -2.12. The van der Waals surface area contributed by atoms with E-state index < -0.39 is 6.10 Å². The Labute approximate surface area is 132 Å². The molecular formula is C17H28FNOS. The van der Waals surface area contributed by atoms with Crippen molar-refractivity contribution in [3.63, 3.8) is 0 Å². The van der Waals surface area contributed by atoms with E-state index >= 15 is 0 Å². The molecule has 3 N–H and O–H groups in total. The topological polar surface area (TPSA) is 46.2 Å². The van der Waals surface area contributed by atoms with Crippen LogP contribution in [0.2, 0.25) is 0 Å². The molecule has 0 amide bonds. The molecule has 2 nitrogen and oxygen atoms in total. The van der Waals surface area contributed by atoms with Crippen LogP contribution in [0.4, 0.5) is 4.39 Å². The highest BCUT2D eigenvalue weighted by atomic mass is 32.2. The molecule has 0 fully saturated rings. The SMILES string of the molecule is CCCCCCCCSc1ccc(F)c(C(O)CCN)c1. The highest BCUT2D eigenvalue weighted by Crippen LogP contribution is 2.27. The van der Waals surface area contributed by atoms with Crippen molar-refractivity contribution in [3.05, 3.63) is 29.6 Å². The molecule has 1 rings (SSSR count). The molecule has 0 aliphatic carbocycles. The molecule has 4 heteroatoms. The number of hydrogen-bond acceptors (Lipinski definition) is 3. The maximum absolute atomic E-state index is 13.7. The van der Waals surface area contributed by atoms with Gasteiger partial charge in [-0.1, -0.05) is 39.0 Å². The van der Waals surface area contributed by atoms with Crippen molar-refractivity contribution in [2.75, 3.05) is 12.3 Å². The summed E-state index contributed by atoms with van der Waals surface area (Å²) in [6.07, 6.45) is 7.27. The lowest BCUT2D eigenvalue weighted by Crippen LogP contribution is -2.08. The number of rotatable bonds is 11. The summed E-state index contributed by atoms with van der Waals surface area (Å²) in [4.78, 5) is 1.02. The van der Waals surface area contributed by atoms with Crippen LogP contribution < -0.4 is 5.73 Å². The van der Waals surface area contributed by atoms with Gasteiger partial charge in [-0.3, -0.25) is 0 Å². The standard InChI is InChI=1S/C17H28FNOS/c1-2-3-4-5-6-7-12-21-14-8-9-16(18)15(13-14)17(20)10-11-19/h8-9,13,17,20H,2-7,10-12,19H2,1H3. The van der Waals surface area contributed by atoms with E-state index in [0.29, 0.717) is 18.5 Å². The smallest absolute Gasteiger partial charge is 0.129 e. The fourth-order valence-electron chi connectivity index (χ4n) is 2.25. The first-order valence-corrected chi connectivity index (χ1v) is 8.98. The Morgan fingerprint density at radius 3 is 2.62 bits per heavy atom. The molecule has 0 saturated heterocycles. The molecular weight excluding hydrogens is 285 g/mol. The van der Waals surface area contributed by atoms with E-state index in [1.54, 1.807) is 23.9 Å². The molecule has 0 bridgehead atoms. The van der Waals surface area contributed by atoms with Gasteiger partial charge >= 0.3 is 0 Å². The Kier molecular flexibility index (Phi) is 9.72. The second kappa shape index (κ2) is 11.0. The molecule has 1 aromatic rings. The zero-order valence-electron chi connectivity index (χ0n) is 13.0. The van der Waals surface area contributed by atoms with Crippen molar-refractivity contribution in [2.24, 2.45) is 5.73 Å². The average Bonchev–Trinajstić information content (AvgIpc) is 2.48. The van der Waals surface area contributed by atoms with Gasteiger partial charge in [-0.15, -0.1) is 11.8 Å². The van der Waals surface area contributed by atoms with E-state index in [9.17, 15) is 9.50 Å². The van der Waals surface area contributed by atoms with Gasteiger partial charge in [0, 0.05) is 10.5 Å². The summed E-state index contributed by atoms with van der Waals surface area (Å²) in [5.41, 5.74) is 5.78. The molecule has 120 valence electrons. The largest absolute Gasteiger partial charge is 0.388 e. The van der Waals surface area contributed by atoms with E-state index in [1.807, 2.05) is 0 Å². The monoisotopic (exact) mass is 313 g/mol. The van der Waals surface area contributed by atoms with Gasteiger partial charge in [-0.25, -0.2) is 4.39 Å². The highest BCUT2D eigenvalue weighted by Gasteiger charge is 2.12. The van der Waals surface area contributed by atoms with Crippen molar-refractivity contribution in [3.8, 4) is 0 Å². The molecule has 0 aliphatic rings. The normalized spacial score (nSPS) is 12.6. The summed E-state index contributed by atoms with van der Waals surface area (Å²) >= 11 is 1.73.